The Balaban J connectivity index is 1.81. The van der Waals surface area contributed by atoms with Crippen molar-refractivity contribution in [1.82, 2.24) is 14.9 Å². The van der Waals surface area contributed by atoms with Gasteiger partial charge in [0.25, 0.3) is 0 Å². The number of aromatic nitrogens is 2. The lowest BCUT2D eigenvalue weighted by molar-refractivity contribution is 0.402. The summed E-state index contributed by atoms with van der Waals surface area (Å²) >= 11 is 0. The minimum atomic E-state index is -3.08. The van der Waals surface area contributed by atoms with Gasteiger partial charge in [0, 0.05) is 25.6 Å². The molecular weight excluding hydrogens is 240 g/mol. The van der Waals surface area contributed by atoms with Crippen LogP contribution in [-0.4, -0.2) is 44.5 Å². The van der Waals surface area contributed by atoms with Gasteiger partial charge in [-0.25, -0.2) is 13.1 Å². The minimum absolute atomic E-state index is 0.354. The summed E-state index contributed by atoms with van der Waals surface area (Å²) in [7, 11) is -3.08. The van der Waals surface area contributed by atoms with Crippen molar-refractivity contribution in [3.8, 4) is 0 Å². The first-order valence-electron chi connectivity index (χ1n) is 5.44. The van der Waals surface area contributed by atoms with E-state index in [9.17, 15) is 8.42 Å². The summed E-state index contributed by atoms with van der Waals surface area (Å²) in [4.78, 5) is 2.08. The van der Waals surface area contributed by atoms with E-state index < -0.39 is 10.0 Å². The molecule has 0 bridgehead atoms. The van der Waals surface area contributed by atoms with Gasteiger partial charge in [0.15, 0.2) is 5.82 Å². The van der Waals surface area contributed by atoms with Crippen LogP contribution in [0.5, 0.6) is 0 Å². The molecule has 0 spiro atoms. The lowest BCUT2D eigenvalue weighted by Gasteiger charge is -2.39. The molecule has 1 aromatic rings. The molecule has 2 rings (SSSR count). The molecule has 0 amide bonds. The van der Waals surface area contributed by atoms with E-state index >= 15 is 0 Å². The van der Waals surface area contributed by atoms with Gasteiger partial charge in [0.2, 0.25) is 10.0 Å². The van der Waals surface area contributed by atoms with Crippen LogP contribution in [0.25, 0.3) is 0 Å². The lowest BCUT2D eigenvalue weighted by atomic mass is 10.0. The number of hydrogen-bond acceptors (Lipinski definition) is 5. The van der Waals surface area contributed by atoms with E-state index in [0.717, 1.165) is 24.6 Å². The van der Waals surface area contributed by atoms with E-state index in [2.05, 4.69) is 19.8 Å². The largest absolute Gasteiger partial charge is 0.354 e. The maximum atomic E-state index is 10.9. The summed E-state index contributed by atoms with van der Waals surface area (Å²) in [6, 6.07) is 3.85. The third-order valence-electron chi connectivity index (χ3n) is 2.70. The summed E-state index contributed by atoms with van der Waals surface area (Å²) in [5, 5.41) is 8.07. The van der Waals surface area contributed by atoms with E-state index in [-0.39, 0.29) is 0 Å². The molecule has 0 saturated carbocycles. The average Bonchev–Trinajstić information content (AvgIpc) is 2.16. The Hall–Kier alpha value is -1.21. The van der Waals surface area contributed by atoms with E-state index in [1.54, 1.807) is 0 Å². The number of rotatable bonds is 4. The third kappa shape index (κ3) is 3.37. The molecule has 17 heavy (non-hydrogen) atoms. The van der Waals surface area contributed by atoms with Crippen LogP contribution in [0.3, 0.4) is 0 Å². The zero-order valence-electron chi connectivity index (χ0n) is 9.92. The van der Waals surface area contributed by atoms with Crippen LogP contribution in [0.15, 0.2) is 12.1 Å². The molecule has 1 fully saturated rings. The molecular formula is C10H16N4O2S. The van der Waals surface area contributed by atoms with Gasteiger partial charge >= 0.3 is 0 Å². The zero-order chi connectivity index (χ0) is 12.5. The van der Waals surface area contributed by atoms with Crippen LogP contribution in [0.2, 0.25) is 0 Å². The number of sulfonamides is 1. The topological polar surface area (TPSA) is 75.2 Å². The molecule has 6 nitrogen and oxygen atoms in total. The number of nitrogens with zero attached hydrogens (tertiary/aromatic N) is 3. The maximum absolute atomic E-state index is 10.9. The minimum Gasteiger partial charge on any atom is -0.354 e. The van der Waals surface area contributed by atoms with Crippen LogP contribution >= 0.6 is 0 Å². The van der Waals surface area contributed by atoms with Crippen LogP contribution in [0.1, 0.15) is 5.69 Å². The van der Waals surface area contributed by atoms with E-state index in [1.807, 2.05) is 19.1 Å². The predicted molar refractivity (Wildman–Crippen MR) is 65.3 cm³/mol. The van der Waals surface area contributed by atoms with Gasteiger partial charge in [-0.05, 0) is 19.1 Å². The van der Waals surface area contributed by atoms with Crippen molar-refractivity contribution < 1.29 is 8.42 Å². The van der Waals surface area contributed by atoms with Crippen molar-refractivity contribution in [3.05, 3.63) is 17.8 Å². The van der Waals surface area contributed by atoms with Crippen LogP contribution < -0.4 is 9.62 Å². The van der Waals surface area contributed by atoms with E-state index in [4.69, 9.17) is 0 Å². The van der Waals surface area contributed by atoms with Gasteiger partial charge in [-0.15, -0.1) is 5.10 Å². The van der Waals surface area contributed by atoms with Gasteiger partial charge in [0.1, 0.15) is 0 Å². The van der Waals surface area contributed by atoms with E-state index in [1.165, 1.54) is 6.26 Å². The first-order chi connectivity index (χ1) is 7.94. The second kappa shape index (κ2) is 4.58. The van der Waals surface area contributed by atoms with E-state index in [0.29, 0.717) is 12.5 Å². The Morgan fingerprint density at radius 2 is 2.12 bits per heavy atom. The monoisotopic (exact) mass is 256 g/mol. The molecule has 7 heteroatoms. The number of nitrogens with one attached hydrogen (secondary N) is 1. The Morgan fingerprint density at radius 3 is 2.65 bits per heavy atom. The molecule has 1 saturated heterocycles. The van der Waals surface area contributed by atoms with Crippen molar-refractivity contribution in [1.29, 1.82) is 0 Å². The second-order valence-corrected chi connectivity index (χ2v) is 6.26. The fraction of sp³-hybridized carbons (Fsp3) is 0.600. The normalized spacial score (nSPS) is 16.9. The zero-order valence-corrected chi connectivity index (χ0v) is 10.7. The highest BCUT2D eigenvalue weighted by atomic mass is 32.2. The summed E-state index contributed by atoms with van der Waals surface area (Å²) in [6.07, 6.45) is 1.18. The first kappa shape index (κ1) is 12.3. The molecule has 0 atom stereocenters. The van der Waals surface area contributed by atoms with Crippen molar-refractivity contribution in [2.75, 3.05) is 30.8 Å². The summed E-state index contributed by atoms with van der Waals surface area (Å²) in [5.41, 5.74) is 0.893. The maximum Gasteiger partial charge on any atom is 0.208 e. The molecule has 1 aliphatic rings. The van der Waals surface area contributed by atoms with Gasteiger partial charge in [-0.3, -0.25) is 0 Å². The van der Waals surface area contributed by atoms with Crippen LogP contribution in [0.4, 0.5) is 5.82 Å². The predicted octanol–water partition coefficient (Wildman–Crippen LogP) is -0.230. The Kier molecular flexibility index (Phi) is 3.30. The summed E-state index contributed by atoms with van der Waals surface area (Å²) in [6.45, 7) is 4.03. The van der Waals surface area contributed by atoms with Crippen molar-refractivity contribution in [3.63, 3.8) is 0 Å². The highest BCUT2D eigenvalue weighted by Gasteiger charge is 2.28. The highest BCUT2D eigenvalue weighted by molar-refractivity contribution is 7.88. The number of aryl methyl sites for hydroxylation is 1. The lowest BCUT2D eigenvalue weighted by Crippen LogP contribution is -2.51. The molecule has 1 N–H and O–H groups in total. The van der Waals surface area contributed by atoms with Crippen LogP contribution in [0, 0.1) is 12.8 Å². The van der Waals surface area contributed by atoms with Gasteiger partial charge in [-0.2, -0.15) is 5.10 Å². The molecule has 0 aliphatic carbocycles. The number of hydrogen-bond donors (Lipinski definition) is 1. The Labute approximate surface area is 101 Å². The Morgan fingerprint density at radius 1 is 1.41 bits per heavy atom. The summed E-state index contributed by atoms with van der Waals surface area (Å²) < 4.78 is 24.3. The van der Waals surface area contributed by atoms with Crippen molar-refractivity contribution in [2.45, 2.75) is 6.92 Å². The molecule has 0 aromatic carbocycles. The smallest absolute Gasteiger partial charge is 0.208 e. The van der Waals surface area contributed by atoms with Crippen LogP contribution in [-0.2, 0) is 10.0 Å². The quantitative estimate of drug-likeness (QED) is 0.805. The molecule has 0 radical (unpaired) electrons. The fourth-order valence-corrected chi connectivity index (χ4v) is 2.25. The molecule has 1 aliphatic heterocycles. The van der Waals surface area contributed by atoms with Crippen molar-refractivity contribution >= 4 is 15.8 Å². The summed E-state index contributed by atoms with van der Waals surface area (Å²) in [5.74, 6) is 1.21. The average molecular weight is 256 g/mol. The number of anilines is 1. The molecule has 1 aromatic heterocycles. The van der Waals surface area contributed by atoms with Gasteiger partial charge < -0.3 is 4.90 Å². The first-order valence-corrected chi connectivity index (χ1v) is 7.33. The van der Waals surface area contributed by atoms with Gasteiger partial charge in [0.05, 0.1) is 11.9 Å². The molecule has 0 unspecified atom stereocenters. The second-order valence-electron chi connectivity index (χ2n) is 4.42. The van der Waals surface area contributed by atoms with Crippen molar-refractivity contribution in [2.24, 2.45) is 5.92 Å². The molecule has 94 valence electrons. The third-order valence-corrected chi connectivity index (χ3v) is 3.39. The SMILES string of the molecule is Cc1ccc(N2CC(CNS(C)(=O)=O)C2)nn1. The fourth-order valence-electron chi connectivity index (χ4n) is 1.72. The molecule has 2 heterocycles. The standard InChI is InChI=1S/C10H16N4O2S/c1-8-3-4-10(13-12-8)14-6-9(7-14)5-11-17(2,15)16/h3-4,9,11H,5-7H2,1-2H3. The highest BCUT2D eigenvalue weighted by Crippen LogP contribution is 2.21. The van der Waals surface area contributed by atoms with Gasteiger partial charge in [-0.1, -0.05) is 0 Å². The Bertz CT molecular complexity index is 480.